The third-order valence-corrected chi connectivity index (χ3v) is 1.70. The smallest absolute Gasteiger partial charge is 0.0200 e. The molecule has 0 rings (SSSR count). The first-order valence-electron chi connectivity index (χ1n) is 2.41. The van der Waals surface area contributed by atoms with Crippen LogP contribution in [-0.2, 0) is 0 Å². The van der Waals surface area contributed by atoms with Crippen molar-refractivity contribution in [3.8, 4) is 0 Å². The van der Waals surface area contributed by atoms with Crippen molar-refractivity contribution in [2.75, 3.05) is 19.4 Å². The molecule has 0 aromatic heterocycles. The Morgan fingerprint density at radius 3 is 2.43 bits per heavy atom. The number of rotatable bonds is 3. The molecule has 0 aliphatic heterocycles. The molecule has 4 N–H and O–H groups in total. The van der Waals surface area contributed by atoms with Crippen molar-refractivity contribution in [3.63, 3.8) is 0 Å². The normalized spacial score (nSPS) is 15.9. The highest BCUT2D eigenvalue weighted by Gasteiger charge is 1.92. The van der Waals surface area contributed by atoms with Gasteiger partial charge in [0, 0.05) is 12.6 Å². The van der Waals surface area contributed by atoms with Crippen molar-refractivity contribution in [1.82, 2.24) is 0 Å². The van der Waals surface area contributed by atoms with E-state index in [2.05, 4.69) is 6.66 Å². The number of hydrogen-bond acceptors (Lipinski definition) is 2. The first-order valence-corrected chi connectivity index (χ1v) is 4.12. The number of hydrogen-bond donors (Lipinski definition) is 2. The lowest BCUT2D eigenvalue weighted by atomic mass is 10.4. The standard InChI is InChI=1S/C4H13N2P/c1-7-3-4(6)2-5/h4,7H,2-3,5-6H2,1H3. The fourth-order valence-electron chi connectivity index (χ4n) is 0.346. The summed E-state index contributed by atoms with van der Waals surface area (Å²) < 4.78 is 0. The Labute approximate surface area is 46.4 Å². The quantitative estimate of drug-likeness (QED) is 0.497. The van der Waals surface area contributed by atoms with Gasteiger partial charge in [0.25, 0.3) is 0 Å². The Balaban J connectivity index is 2.83. The molecule has 0 spiro atoms. The fraction of sp³-hybridized carbons (Fsp3) is 1.00. The van der Waals surface area contributed by atoms with Crippen LogP contribution in [0.4, 0.5) is 0 Å². The van der Waals surface area contributed by atoms with Gasteiger partial charge < -0.3 is 11.5 Å². The summed E-state index contributed by atoms with van der Waals surface area (Å²) in [4.78, 5) is 0. The van der Waals surface area contributed by atoms with Gasteiger partial charge in [-0.25, -0.2) is 0 Å². The molecule has 0 heterocycles. The molecule has 3 heteroatoms. The summed E-state index contributed by atoms with van der Waals surface area (Å²) in [5, 5.41) is 0. The molecule has 0 saturated carbocycles. The topological polar surface area (TPSA) is 52.0 Å². The zero-order chi connectivity index (χ0) is 5.70. The first kappa shape index (κ1) is 7.35. The van der Waals surface area contributed by atoms with E-state index in [0.717, 1.165) is 14.7 Å². The van der Waals surface area contributed by atoms with Crippen molar-refractivity contribution in [2.45, 2.75) is 6.04 Å². The van der Waals surface area contributed by atoms with E-state index < -0.39 is 0 Å². The summed E-state index contributed by atoms with van der Waals surface area (Å²) in [6, 6.07) is 0.239. The molecule has 0 aromatic rings. The Kier molecular flexibility index (Phi) is 4.73. The lowest BCUT2D eigenvalue weighted by molar-refractivity contribution is 0.761. The van der Waals surface area contributed by atoms with E-state index in [1.54, 1.807) is 0 Å². The van der Waals surface area contributed by atoms with E-state index in [1.807, 2.05) is 0 Å². The summed E-state index contributed by atoms with van der Waals surface area (Å²) in [5.41, 5.74) is 10.7. The molecule has 0 aromatic carbocycles. The molecule has 0 saturated heterocycles. The largest absolute Gasteiger partial charge is 0.329 e. The van der Waals surface area contributed by atoms with E-state index in [1.165, 1.54) is 0 Å². The van der Waals surface area contributed by atoms with Crippen LogP contribution in [0.2, 0.25) is 0 Å². The zero-order valence-corrected chi connectivity index (χ0v) is 5.65. The highest BCUT2D eigenvalue weighted by Crippen LogP contribution is 2.00. The average Bonchev–Trinajstić information content (AvgIpc) is 1.68. The minimum Gasteiger partial charge on any atom is -0.329 e. The van der Waals surface area contributed by atoms with Crippen molar-refractivity contribution in [1.29, 1.82) is 0 Å². The van der Waals surface area contributed by atoms with Crippen molar-refractivity contribution in [3.05, 3.63) is 0 Å². The predicted molar refractivity (Wildman–Crippen MR) is 36.1 cm³/mol. The van der Waals surface area contributed by atoms with Crippen molar-refractivity contribution in [2.24, 2.45) is 11.5 Å². The van der Waals surface area contributed by atoms with E-state index in [4.69, 9.17) is 11.5 Å². The second-order valence-electron chi connectivity index (χ2n) is 1.55. The van der Waals surface area contributed by atoms with Crippen LogP contribution in [0.3, 0.4) is 0 Å². The lowest BCUT2D eigenvalue weighted by Gasteiger charge is -2.03. The molecule has 0 radical (unpaired) electrons. The molecule has 2 nitrogen and oxygen atoms in total. The molecule has 0 amide bonds. The second kappa shape index (κ2) is 4.51. The predicted octanol–water partition coefficient (Wildman–Crippen LogP) is -0.419. The van der Waals surface area contributed by atoms with Gasteiger partial charge in [-0.2, -0.15) is 0 Å². The van der Waals surface area contributed by atoms with Gasteiger partial charge in [0.1, 0.15) is 0 Å². The molecular weight excluding hydrogens is 107 g/mol. The van der Waals surface area contributed by atoms with Crippen LogP contribution in [-0.4, -0.2) is 25.4 Å². The molecule has 2 unspecified atom stereocenters. The molecule has 0 fully saturated rings. The van der Waals surface area contributed by atoms with Crippen LogP contribution in [0.5, 0.6) is 0 Å². The monoisotopic (exact) mass is 120 g/mol. The molecule has 0 aliphatic rings. The van der Waals surface area contributed by atoms with Gasteiger partial charge in [-0.1, -0.05) is 0 Å². The summed E-state index contributed by atoms with van der Waals surface area (Å²) in [6.45, 7) is 2.76. The van der Waals surface area contributed by atoms with Crippen LogP contribution in [0, 0.1) is 0 Å². The van der Waals surface area contributed by atoms with Gasteiger partial charge in [0.05, 0.1) is 0 Å². The zero-order valence-electron chi connectivity index (χ0n) is 4.65. The highest BCUT2D eigenvalue weighted by atomic mass is 31.1. The van der Waals surface area contributed by atoms with Crippen LogP contribution in [0.15, 0.2) is 0 Å². The first-order chi connectivity index (χ1) is 3.31. The SMILES string of the molecule is CPCC(N)CN. The van der Waals surface area contributed by atoms with Gasteiger partial charge in [-0.15, -0.1) is 8.58 Å². The summed E-state index contributed by atoms with van der Waals surface area (Å²) in [5.74, 6) is 0. The van der Waals surface area contributed by atoms with Gasteiger partial charge in [0.15, 0.2) is 0 Å². The molecule has 0 bridgehead atoms. The molecule has 7 heavy (non-hydrogen) atoms. The van der Waals surface area contributed by atoms with Crippen LogP contribution >= 0.6 is 8.58 Å². The maximum atomic E-state index is 5.47. The number of nitrogens with two attached hydrogens (primary N) is 2. The fourth-order valence-corrected chi connectivity index (χ4v) is 1.04. The third kappa shape index (κ3) is 4.20. The van der Waals surface area contributed by atoms with Gasteiger partial charge in [-0.05, 0) is 12.8 Å². The highest BCUT2D eigenvalue weighted by molar-refractivity contribution is 7.37. The third-order valence-electron chi connectivity index (χ3n) is 0.769. The summed E-state index contributed by atoms with van der Waals surface area (Å²) >= 11 is 0. The Morgan fingerprint density at radius 1 is 1.71 bits per heavy atom. The summed E-state index contributed by atoms with van der Waals surface area (Å²) in [7, 11) is 0.940. The maximum absolute atomic E-state index is 5.47. The lowest BCUT2D eigenvalue weighted by Crippen LogP contribution is -2.31. The molecular formula is C4H13N2P. The Morgan fingerprint density at radius 2 is 2.29 bits per heavy atom. The van der Waals surface area contributed by atoms with Gasteiger partial charge >= 0.3 is 0 Å². The molecule has 0 aliphatic carbocycles. The van der Waals surface area contributed by atoms with Crippen LogP contribution in [0.25, 0.3) is 0 Å². The maximum Gasteiger partial charge on any atom is 0.0200 e. The average molecular weight is 120 g/mol. The Bertz CT molecular complexity index is 40.7. The van der Waals surface area contributed by atoms with E-state index in [-0.39, 0.29) is 6.04 Å². The molecule has 2 atom stereocenters. The van der Waals surface area contributed by atoms with Crippen LogP contribution < -0.4 is 11.5 Å². The second-order valence-corrected chi connectivity index (χ2v) is 2.67. The molecule has 44 valence electrons. The van der Waals surface area contributed by atoms with E-state index in [0.29, 0.717) is 6.54 Å². The van der Waals surface area contributed by atoms with E-state index in [9.17, 15) is 0 Å². The van der Waals surface area contributed by atoms with Gasteiger partial charge in [-0.3, -0.25) is 0 Å². The van der Waals surface area contributed by atoms with Gasteiger partial charge in [0.2, 0.25) is 0 Å². The minimum absolute atomic E-state index is 0.239. The Hall–Kier alpha value is 0.350. The minimum atomic E-state index is 0.239. The summed E-state index contributed by atoms with van der Waals surface area (Å²) in [6.07, 6.45) is 1.08. The van der Waals surface area contributed by atoms with E-state index >= 15 is 0 Å². The van der Waals surface area contributed by atoms with Crippen molar-refractivity contribution < 1.29 is 0 Å². The van der Waals surface area contributed by atoms with Crippen LogP contribution in [0.1, 0.15) is 0 Å². The van der Waals surface area contributed by atoms with Crippen molar-refractivity contribution >= 4 is 8.58 Å².